The number of H-pyrrole nitrogens is 1. The van der Waals surface area contributed by atoms with Crippen LogP contribution in [-0.4, -0.2) is 20.6 Å². The van der Waals surface area contributed by atoms with Gasteiger partial charge in [0.25, 0.3) is 0 Å². The van der Waals surface area contributed by atoms with Gasteiger partial charge in [0.1, 0.15) is 0 Å². The van der Waals surface area contributed by atoms with E-state index in [1.54, 1.807) is 10.8 Å². The molecule has 0 spiro atoms. The Morgan fingerprint density at radius 1 is 1.15 bits per heavy atom. The number of hydrogen-bond donors (Lipinski definition) is 2. The normalized spacial score (nSPS) is 10.6. The third-order valence-electron chi connectivity index (χ3n) is 3.21. The van der Waals surface area contributed by atoms with Crippen molar-refractivity contribution in [2.45, 2.75) is 32.2 Å². The molecule has 20 heavy (non-hydrogen) atoms. The molecule has 2 N–H and O–H groups in total. The average Bonchev–Trinajstić information content (AvgIpc) is 2.80. The summed E-state index contributed by atoms with van der Waals surface area (Å²) in [5.41, 5.74) is 1.74. The van der Waals surface area contributed by atoms with Crippen molar-refractivity contribution in [3.63, 3.8) is 0 Å². The summed E-state index contributed by atoms with van der Waals surface area (Å²) in [6, 6.07) is 9.73. The number of aromatic nitrogens is 2. The van der Waals surface area contributed by atoms with Gasteiger partial charge in [0.05, 0.1) is 5.69 Å². The molecule has 0 aliphatic rings. The van der Waals surface area contributed by atoms with E-state index in [0.717, 1.165) is 24.1 Å². The van der Waals surface area contributed by atoms with Gasteiger partial charge in [-0.2, -0.15) is 0 Å². The van der Waals surface area contributed by atoms with Crippen LogP contribution in [0, 0.1) is 0 Å². The molecule has 2 rings (SSSR count). The molecular formula is C15H18N2O3. The van der Waals surface area contributed by atoms with Gasteiger partial charge in [-0.1, -0.05) is 36.8 Å². The Hall–Kier alpha value is -2.30. The van der Waals surface area contributed by atoms with Crippen LogP contribution in [0.2, 0.25) is 0 Å². The Labute approximate surface area is 116 Å². The molecule has 1 aromatic carbocycles. The maximum atomic E-state index is 11.8. The molecule has 0 amide bonds. The van der Waals surface area contributed by atoms with Crippen LogP contribution in [0.5, 0.6) is 0 Å². The fraction of sp³-hybridized carbons (Fsp3) is 0.333. The molecule has 0 radical (unpaired) electrons. The van der Waals surface area contributed by atoms with Crippen LogP contribution in [0.4, 0.5) is 0 Å². The molecule has 0 unspecified atom stereocenters. The van der Waals surface area contributed by atoms with Crippen molar-refractivity contribution in [3.8, 4) is 11.3 Å². The van der Waals surface area contributed by atoms with Crippen molar-refractivity contribution >= 4 is 5.97 Å². The van der Waals surface area contributed by atoms with Gasteiger partial charge < -0.3 is 10.1 Å². The molecule has 0 saturated heterocycles. The smallest absolute Gasteiger partial charge is 0.325 e. The first kappa shape index (κ1) is 14.1. The molecule has 0 bridgehead atoms. The first-order valence-electron chi connectivity index (χ1n) is 6.74. The van der Waals surface area contributed by atoms with E-state index in [9.17, 15) is 9.59 Å². The van der Waals surface area contributed by atoms with E-state index in [1.807, 2.05) is 30.3 Å². The van der Waals surface area contributed by atoms with Crippen molar-refractivity contribution in [1.29, 1.82) is 0 Å². The number of carboxylic acids is 1. The van der Waals surface area contributed by atoms with Gasteiger partial charge in [-0.15, -0.1) is 0 Å². The lowest BCUT2D eigenvalue weighted by Crippen LogP contribution is -2.17. The number of aliphatic carboxylic acids is 1. The second-order valence-electron chi connectivity index (χ2n) is 4.70. The summed E-state index contributed by atoms with van der Waals surface area (Å²) < 4.78 is 1.70. The summed E-state index contributed by atoms with van der Waals surface area (Å²) in [6.07, 6.45) is 4.15. The van der Waals surface area contributed by atoms with Gasteiger partial charge in [-0.3, -0.25) is 9.36 Å². The van der Waals surface area contributed by atoms with Crippen molar-refractivity contribution in [3.05, 3.63) is 47.0 Å². The number of benzene rings is 1. The highest BCUT2D eigenvalue weighted by Gasteiger charge is 2.07. The molecule has 0 atom stereocenters. The quantitative estimate of drug-likeness (QED) is 0.762. The zero-order valence-corrected chi connectivity index (χ0v) is 11.2. The highest BCUT2D eigenvalue weighted by molar-refractivity contribution is 5.66. The molecular weight excluding hydrogens is 256 g/mol. The number of aromatic amines is 1. The number of unbranched alkanes of at least 4 members (excludes halogenated alkanes) is 2. The Kier molecular flexibility index (Phi) is 4.76. The number of rotatable bonds is 7. The number of imidazole rings is 1. The number of carbonyl (C=O) groups is 1. The molecule has 0 fully saturated rings. The lowest BCUT2D eigenvalue weighted by molar-refractivity contribution is -0.137. The molecule has 1 heterocycles. The lowest BCUT2D eigenvalue weighted by Gasteiger charge is -2.07. The number of hydrogen-bond acceptors (Lipinski definition) is 2. The first-order valence-corrected chi connectivity index (χ1v) is 6.74. The monoisotopic (exact) mass is 274 g/mol. The average molecular weight is 274 g/mol. The van der Waals surface area contributed by atoms with Gasteiger partial charge >= 0.3 is 11.7 Å². The number of carboxylic acid groups (broad SMARTS) is 1. The van der Waals surface area contributed by atoms with Crippen molar-refractivity contribution in [1.82, 2.24) is 9.55 Å². The zero-order valence-electron chi connectivity index (χ0n) is 11.2. The Morgan fingerprint density at radius 3 is 2.60 bits per heavy atom. The molecule has 106 valence electrons. The molecule has 5 heteroatoms. The van der Waals surface area contributed by atoms with E-state index < -0.39 is 5.97 Å². The molecule has 5 nitrogen and oxygen atoms in total. The highest BCUT2D eigenvalue weighted by atomic mass is 16.4. The zero-order chi connectivity index (χ0) is 14.4. The maximum Gasteiger partial charge on any atom is 0.325 e. The van der Waals surface area contributed by atoms with Gasteiger partial charge in [0, 0.05) is 19.2 Å². The largest absolute Gasteiger partial charge is 0.481 e. The fourth-order valence-corrected chi connectivity index (χ4v) is 2.19. The summed E-state index contributed by atoms with van der Waals surface area (Å²) >= 11 is 0. The van der Waals surface area contributed by atoms with Gasteiger partial charge in [-0.25, -0.2) is 4.79 Å². The minimum Gasteiger partial charge on any atom is -0.481 e. The third kappa shape index (κ3) is 3.60. The van der Waals surface area contributed by atoms with Crippen LogP contribution in [0.3, 0.4) is 0 Å². The predicted molar refractivity (Wildman–Crippen MR) is 76.6 cm³/mol. The number of nitrogens with one attached hydrogen (secondary N) is 1. The van der Waals surface area contributed by atoms with Crippen molar-refractivity contribution < 1.29 is 9.90 Å². The van der Waals surface area contributed by atoms with E-state index in [2.05, 4.69) is 4.98 Å². The standard InChI is InChI=1S/C15H18N2O3/c18-14(19)9-5-2-6-10-17-13(11-16-15(17)20)12-7-3-1-4-8-12/h1,3-4,7-8,11H,2,5-6,9-10H2,(H,16,20)(H,18,19). The van der Waals surface area contributed by atoms with E-state index >= 15 is 0 Å². The molecule has 0 aliphatic heterocycles. The number of nitrogens with zero attached hydrogens (tertiary/aromatic N) is 1. The predicted octanol–water partition coefficient (Wildman–Crippen LogP) is 2.49. The third-order valence-corrected chi connectivity index (χ3v) is 3.21. The van der Waals surface area contributed by atoms with Crippen LogP contribution in [-0.2, 0) is 11.3 Å². The second kappa shape index (κ2) is 6.75. The Morgan fingerprint density at radius 2 is 1.90 bits per heavy atom. The highest BCUT2D eigenvalue weighted by Crippen LogP contribution is 2.17. The van der Waals surface area contributed by atoms with Gasteiger partial charge in [0.15, 0.2) is 0 Å². The molecule has 0 saturated carbocycles. The van der Waals surface area contributed by atoms with Crippen LogP contribution in [0.1, 0.15) is 25.7 Å². The minimum absolute atomic E-state index is 0.123. The Bertz CT molecular complexity index is 614. The summed E-state index contributed by atoms with van der Waals surface area (Å²) in [5.74, 6) is -0.770. The first-order chi connectivity index (χ1) is 9.68. The molecule has 1 aromatic heterocycles. The minimum atomic E-state index is -0.770. The summed E-state index contributed by atoms with van der Waals surface area (Å²) in [4.78, 5) is 24.9. The SMILES string of the molecule is O=C(O)CCCCCn1c(-c2ccccc2)c[nH]c1=O. The summed E-state index contributed by atoms with van der Waals surface area (Å²) in [5, 5.41) is 8.57. The second-order valence-corrected chi connectivity index (χ2v) is 4.70. The van der Waals surface area contributed by atoms with Gasteiger partial charge in [-0.05, 0) is 18.4 Å². The van der Waals surface area contributed by atoms with Crippen molar-refractivity contribution in [2.24, 2.45) is 0 Å². The van der Waals surface area contributed by atoms with Crippen LogP contribution in [0.25, 0.3) is 11.3 Å². The summed E-state index contributed by atoms with van der Waals surface area (Å²) in [7, 11) is 0. The Balaban J connectivity index is 2.00. The fourth-order valence-electron chi connectivity index (χ4n) is 2.19. The van der Waals surface area contributed by atoms with Gasteiger partial charge in [0.2, 0.25) is 0 Å². The van der Waals surface area contributed by atoms with E-state index in [0.29, 0.717) is 13.0 Å². The van der Waals surface area contributed by atoms with Crippen LogP contribution >= 0.6 is 0 Å². The maximum absolute atomic E-state index is 11.8. The van der Waals surface area contributed by atoms with Crippen molar-refractivity contribution in [2.75, 3.05) is 0 Å². The van der Waals surface area contributed by atoms with E-state index in [1.165, 1.54) is 0 Å². The van der Waals surface area contributed by atoms with Crippen LogP contribution in [0.15, 0.2) is 41.3 Å². The van der Waals surface area contributed by atoms with E-state index in [-0.39, 0.29) is 12.1 Å². The van der Waals surface area contributed by atoms with E-state index in [4.69, 9.17) is 5.11 Å². The van der Waals surface area contributed by atoms with Crippen LogP contribution < -0.4 is 5.69 Å². The molecule has 2 aromatic rings. The molecule has 0 aliphatic carbocycles. The lowest BCUT2D eigenvalue weighted by atomic mass is 10.1. The summed E-state index contributed by atoms with van der Waals surface area (Å²) in [6.45, 7) is 0.603. The topological polar surface area (TPSA) is 75.1 Å².